The van der Waals surface area contributed by atoms with Crippen molar-refractivity contribution >= 4 is 11.9 Å². The zero-order chi connectivity index (χ0) is 15.6. The van der Waals surface area contributed by atoms with Crippen molar-refractivity contribution in [2.45, 2.75) is 19.9 Å². The molecule has 1 aliphatic rings. The SMILES string of the molecule is CCN(C(=O)c1ccc(O)cc1C)C1COCC1C(=O)O. The standard InChI is InChI=1S/C15H19NO5/c1-3-16(13-8-21-7-12(13)15(19)20)14(18)11-5-4-10(17)6-9(11)2/h4-6,12-13,17H,3,7-8H2,1-2H3,(H,19,20). The number of benzene rings is 1. The number of aryl methyl sites for hydroxylation is 1. The first-order chi connectivity index (χ1) is 9.95. The van der Waals surface area contributed by atoms with E-state index >= 15 is 0 Å². The molecule has 2 N–H and O–H groups in total. The average molecular weight is 293 g/mol. The molecule has 1 aromatic carbocycles. The molecule has 6 nitrogen and oxygen atoms in total. The van der Waals surface area contributed by atoms with Gasteiger partial charge in [-0.15, -0.1) is 0 Å². The predicted octanol–water partition coefficient (Wildman–Crippen LogP) is 1.26. The van der Waals surface area contributed by atoms with Gasteiger partial charge in [0.15, 0.2) is 0 Å². The van der Waals surface area contributed by atoms with Crippen LogP contribution in [0.4, 0.5) is 0 Å². The van der Waals surface area contributed by atoms with Gasteiger partial charge in [-0.25, -0.2) is 0 Å². The lowest BCUT2D eigenvalue weighted by Crippen LogP contribution is -2.46. The lowest BCUT2D eigenvalue weighted by Gasteiger charge is -2.29. The van der Waals surface area contributed by atoms with E-state index in [1.54, 1.807) is 13.0 Å². The van der Waals surface area contributed by atoms with E-state index in [4.69, 9.17) is 4.74 Å². The van der Waals surface area contributed by atoms with Crippen LogP contribution in [-0.2, 0) is 9.53 Å². The monoisotopic (exact) mass is 293 g/mol. The number of phenolic OH excluding ortho intramolecular Hbond substituents is 1. The largest absolute Gasteiger partial charge is 0.508 e. The van der Waals surface area contributed by atoms with Crippen molar-refractivity contribution in [1.82, 2.24) is 4.90 Å². The Hall–Kier alpha value is -2.08. The van der Waals surface area contributed by atoms with Crippen LogP contribution in [0, 0.1) is 12.8 Å². The molecule has 1 aromatic rings. The van der Waals surface area contributed by atoms with E-state index in [-0.39, 0.29) is 24.9 Å². The summed E-state index contributed by atoms with van der Waals surface area (Å²) in [5, 5.41) is 18.6. The fourth-order valence-electron chi connectivity index (χ4n) is 2.66. The van der Waals surface area contributed by atoms with Gasteiger partial charge in [0, 0.05) is 12.1 Å². The molecular weight excluding hydrogens is 274 g/mol. The van der Waals surface area contributed by atoms with Gasteiger partial charge in [0.2, 0.25) is 0 Å². The number of hydrogen-bond acceptors (Lipinski definition) is 4. The number of aliphatic carboxylic acids is 1. The number of likely N-dealkylation sites (N-methyl/N-ethyl adjacent to an activating group) is 1. The molecule has 1 amide bonds. The molecule has 21 heavy (non-hydrogen) atoms. The van der Waals surface area contributed by atoms with Gasteiger partial charge in [0.1, 0.15) is 11.7 Å². The number of rotatable bonds is 4. The molecule has 2 rings (SSSR count). The van der Waals surface area contributed by atoms with Crippen molar-refractivity contribution in [2.75, 3.05) is 19.8 Å². The van der Waals surface area contributed by atoms with E-state index in [2.05, 4.69) is 0 Å². The van der Waals surface area contributed by atoms with E-state index in [1.807, 2.05) is 6.92 Å². The molecule has 1 saturated heterocycles. The van der Waals surface area contributed by atoms with Gasteiger partial charge in [0.25, 0.3) is 5.91 Å². The molecule has 2 unspecified atom stereocenters. The lowest BCUT2D eigenvalue weighted by atomic mass is 10.00. The average Bonchev–Trinajstić information content (AvgIpc) is 2.88. The van der Waals surface area contributed by atoms with Crippen molar-refractivity contribution in [3.05, 3.63) is 29.3 Å². The summed E-state index contributed by atoms with van der Waals surface area (Å²) in [6.07, 6.45) is 0. The van der Waals surface area contributed by atoms with Gasteiger partial charge in [-0.05, 0) is 37.6 Å². The highest BCUT2D eigenvalue weighted by Crippen LogP contribution is 2.24. The Bertz CT molecular complexity index is 557. The van der Waals surface area contributed by atoms with Gasteiger partial charge in [-0.3, -0.25) is 9.59 Å². The second-order valence-corrected chi connectivity index (χ2v) is 5.14. The number of carboxylic acids is 1. The molecule has 0 bridgehead atoms. The van der Waals surface area contributed by atoms with Gasteiger partial charge in [-0.1, -0.05) is 0 Å². The minimum absolute atomic E-state index is 0.0970. The summed E-state index contributed by atoms with van der Waals surface area (Å²) in [7, 11) is 0. The predicted molar refractivity (Wildman–Crippen MR) is 75.3 cm³/mol. The first-order valence-electron chi connectivity index (χ1n) is 6.86. The fourth-order valence-corrected chi connectivity index (χ4v) is 2.66. The van der Waals surface area contributed by atoms with E-state index in [1.165, 1.54) is 17.0 Å². The number of carbonyl (C=O) groups excluding carboxylic acids is 1. The number of nitrogens with zero attached hydrogens (tertiary/aromatic N) is 1. The van der Waals surface area contributed by atoms with E-state index < -0.39 is 17.9 Å². The lowest BCUT2D eigenvalue weighted by molar-refractivity contribution is -0.142. The topological polar surface area (TPSA) is 87.1 Å². The van der Waals surface area contributed by atoms with Crippen LogP contribution < -0.4 is 0 Å². The summed E-state index contributed by atoms with van der Waals surface area (Å²) >= 11 is 0. The van der Waals surface area contributed by atoms with Crippen molar-refractivity contribution < 1.29 is 24.5 Å². The van der Waals surface area contributed by atoms with Crippen LogP contribution >= 0.6 is 0 Å². The number of phenols is 1. The van der Waals surface area contributed by atoms with E-state index in [0.29, 0.717) is 17.7 Å². The molecule has 0 aliphatic carbocycles. The molecular formula is C15H19NO5. The molecule has 1 heterocycles. The number of hydrogen-bond donors (Lipinski definition) is 2. The van der Waals surface area contributed by atoms with Gasteiger partial charge in [-0.2, -0.15) is 0 Å². The van der Waals surface area contributed by atoms with Crippen molar-refractivity contribution in [3.8, 4) is 5.75 Å². The zero-order valence-electron chi connectivity index (χ0n) is 12.1. The van der Waals surface area contributed by atoms with Gasteiger partial charge >= 0.3 is 5.97 Å². The number of amides is 1. The Morgan fingerprint density at radius 1 is 1.38 bits per heavy atom. The molecule has 114 valence electrons. The Morgan fingerprint density at radius 2 is 2.10 bits per heavy atom. The summed E-state index contributed by atoms with van der Waals surface area (Å²) in [5.74, 6) is -1.80. The molecule has 1 aliphatic heterocycles. The maximum Gasteiger partial charge on any atom is 0.311 e. The molecule has 6 heteroatoms. The number of aromatic hydroxyl groups is 1. The smallest absolute Gasteiger partial charge is 0.311 e. The number of carboxylic acid groups (broad SMARTS) is 1. The third-order valence-electron chi connectivity index (χ3n) is 3.81. The summed E-state index contributed by atoms with van der Waals surface area (Å²) in [4.78, 5) is 25.4. The highest BCUT2D eigenvalue weighted by Gasteiger charge is 2.39. The van der Waals surface area contributed by atoms with Crippen LogP contribution in [0.25, 0.3) is 0 Å². The highest BCUT2D eigenvalue weighted by molar-refractivity contribution is 5.96. The highest BCUT2D eigenvalue weighted by atomic mass is 16.5. The van der Waals surface area contributed by atoms with Crippen molar-refractivity contribution in [2.24, 2.45) is 5.92 Å². The molecule has 0 radical (unpaired) electrons. The van der Waals surface area contributed by atoms with Crippen molar-refractivity contribution in [1.29, 1.82) is 0 Å². The number of ether oxygens (including phenoxy) is 1. The van der Waals surface area contributed by atoms with Crippen molar-refractivity contribution in [3.63, 3.8) is 0 Å². The molecule has 0 aromatic heterocycles. The minimum Gasteiger partial charge on any atom is -0.508 e. The van der Waals surface area contributed by atoms with Crippen LogP contribution in [-0.4, -0.2) is 52.8 Å². The van der Waals surface area contributed by atoms with Gasteiger partial charge in [0.05, 0.1) is 19.3 Å². The Labute approximate surface area is 122 Å². The van der Waals surface area contributed by atoms with Crippen LogP contribution in [0.3, 0.4) is 0 Å². The first kappa shape index (κ1) is 15.3. The summed E-state index contributed by atoms with van der Waals surface area (Å²) < 4.78 is 5.23. The van der Waals surface area contributed by atoms with Crippen LogP contribution in [0.5, 0.6) is 5.75 Å². The Balaban J connectivity index is 2.28. The minimum atomic E-state index is -0.953. The van der Waals surface area contributed by atoms with E-state index in [0.717, 1.165) is 0 Å². The second kappa shape index (κ2) is 6.13. The zero-order valence-corrected chi connectivity index (χ0v) is 12.1. The van der Waals surface area contributed by atoms with E-state index in [9.17, 15) is 19.8 Å². The number of carbonyl (C=O) groups is 2. The van der Waals surface area contributed by atoms with Crippen LogP contribution in [0.15, 0.2) is 18.2 Å². The Kier molecular flexibility index (Phi) is 4.47. The molecule has 2 atom stereocenters. The van der Waals surface area contributed by atoms with Gasteiger partial charge < -0.3 is 19.8 Å². The quantitative estimate of drug-likeness (QED) is 0.872. The fraction of sp³-hybridized carbons (Fsp3) is 0.467. The summed E-state index contributed by atoms with van der Waals surface area (Å²) in [6, 6.07) is 4.06. The first-order valence-corrected chi connectivity index (χ1v) is 6.86. The molecule has 1 fully saturated rings. The second-order valence-electron chi connectivity index (χ2n) is 5.14. The maximum atomic E-state index is 12.7. The van der Waals surface area contributed by atoms with Crippen LogP contribution in [0.2, 0.25) is 0 Å². The third kappa shape index (κ3) is 3.00. The third-order valence-corrected chi connectivity index (χ3v) is 3.81. The van der Waals surface area contributed by atoms with Crippen LogP contribution in [0.1, 0.15) is 22.8 Å². The normalized spacial score (nSPS) is 21.2. The molecule has 0 spiro atoms. The molecule has 0 saturated carbocycles. The Morgan fingerprint density at radius 3 is 2.67 bits per heavy atom. The summed E-state index contributed by atoms with van der Waals surface area (Å²) in [5.41, 5.74) is 1.12. The summed E-state index contributed by atoms with van der Waals surface area (Å²) in [6.45, 7) is 4.30. The maximum absolute atomic E-state index is 12.7.